The minimum atomic E-state index is -1.56. The fourth-order valence-corrected chi connectivity index (χ4v) is 3.56. The maximum Gasteiger partial charge on any atom is 0.208 e. The van der Waals surface area contributed by atoms with Gasteiger partial charge in [0, 0.05) is 11.5 Å². The smallest absolute Gasteiger partial charge is 0.208 e. The minimum absolute atomic E-state index is 0.219. The molecule has 5 N–H and O–H groups in total. The van der Waals surface area contributed by atoms with Crippen LogP contribution in [0, 0.1) is 11.8 Å². The molecule has 9 heteroatoms. The highest BCUT2D eigenvalue weighted by atomic mass is 16.8. The Kier molecular flexibility index (Phi) is 5.54. The number of carbonyl (C=O) groups excluding carboxylic acids is 1. The number of aliphatic hydroxyl groups is 5. The predicted molar refractivity (Wildman–Crippen MR) is 80.6 cm³/mol. The maximum absolute atomic E-state index is 11.2. The quantitative estimate of drug-likeness (QED) is 0.273. The number of allylic oxidation sites excluding steroid dienone is 2. The van der Waals surface area contributed by atoms with Crippen molar-refractivity contribution in [2.45, 2.75) is 43.4 Å². The van der Waals surface area contributed by atoms with E-state index in [4.69, 9.17) is 14.2 Å². The van der Waals surface area contributed by atoms with Crippen molar-refractivity contribution < 1.29 is 44.5 Å². The molecular formula is C16H22O9. The molecule has 0 saturated carbocycles. The molecule has 0 aromatic carbocycles. The van der Waals surface area contributed by atoms with Crippen LogP contribution < -0.4 is 0 Å². The third kappa shape index (κ3) is 3.24. The first-order valence-corrected chi connectivity index (χ1v) is 8.08. The zero-order valence-corrected chi connectivity index (χ0v) is 13.3. The highest BCUT2D eigenvalue weighted by Gasteiger charge is 2.48. The molecule has 1 saturated heterocycles. The van der Waals surface area contributed by atoms with Gasteiger partial charge in [0.25, 0.3) is 0 Å². The third-order valence-electron chi connectivity index (χ3n) is 4.99. The van der Waals surface area contributed by atoms with Crippen LogP contribution in [0.2, 0.25) is 0 Å². The second-order valence-electron chi connectivity index (χ2n) is 6.38. The van der Waals surface area contributed by atoms with Crippen molar-refractivity contribution in [2.75, 3.05) is 13.2 Å². The van der Waals surface area contributed by atoms with Gasteiger partial charge in [-0.2, -0.15) is 0 Å². The van der Waals surface area contributed by atoms with E-state index in [9.17, 15) is 30.3 Å². The van der Waals surface area contributed by atoms with Gasteiger partial charge in [-0.05, 0) is 12.0 Å². The molecule has 0 bridgehead atoms. The van der Waals surface area contributed by atoms with E-state index in [-0.39, 0.29) is 12.5 Å². The molecule has 0 unspecified atom stereocenters. The number of ether oxygens (including phenoxy) is 3. The summed E-state index contributed by atoms with van der Waals surface area (Å²) in [7, 11) is 0. The zero-order valence-electron chi connectivity index (χ0n) is 13.3. The molecule has 0 aromatic rings. The summed E-state index contributed by atoms with van der Waals surface area (Å²) in [6.07, 6.45) is -3.70. The van der Waals surface area contributed by atoms with Gasteiger partial charge in [-0.1, -0.05) is 6.08 Å². The maximum atomic E-state index is 11.2. The van der Waals surface area contributed by atoms with Gasteiger partial charge < -0.3 is 39.7 Å². The summed E-state index contributed by atoms with van der Waals surface area (Å²) in [5.41, 5.74) is 1.09. The van der Waals surface area contributed by atoms with Crippen LogP contribution in [0.15, 0.2) is 23.5 Å². The van der Waals surface area contributed by atoms with Gasteiger partial charge in [-0.3, -0.25) is 4.79 Å². The van der Waals surface area contributed by atoms with Gasteiger partial charge in [0.15, 0.2) is 6.29 Å². The van der Waals surface area contributed by atoms with Crippen LogP contribution in [-0.2, 0) is 19.0 Å². The Hall–Kier alpha value is -1.33. The summed E-state index contributed by atoms with van der Waals surface area (Å²) < 4.78 is 16.4. The average Bonchev–Trinajstić information content (AvgIpc) is 3.07. The van der Waals surface area contributed by atoms with E-state index >= 15 is 0 Å². The lowest BCUT2D eigenvalue weighted by Gasteiger charge is -2.42. The summed E-state index contributed by atoms with van der Waals surface area (Å²) >= 11 is 0. The molecule has 1 fully saturated rings. The van der Waals surface area contributed by atoms with Crippen LogP contribution in [0.1, 0.15) is 6.42 Å². The second-order valence-corrected chi connectivity index (χ2v) is 6.38. The van der Waals surface area contributed by atoms with Crippen molar-refractivity contribution in [1.29, 1.82) is 0 Å². The van der Waals surface area contributed by atoms with E-state index < -0.39 is 49.5 Å². The summed E-state index contributed by atoms with van der Waals surface area (Å²) in [5, 5.41) is 48.5. The first kappa shape index (κ1) is 18.5. The van der Waals surface area contributed by atoms with Crippen molar-refractivity contribution in [3.63, 3.8) is 0 Å². The third-order valence-corrected chi connectivity index (χ3v) is 4.99. The Morgan fingerprint density at radius 1 is 1.16 bits per heavy atom. The molecule has 0 radical (unpaired) electrons. The van der Waals surface area contributed by atoms with Gasteiger partial charge >= 0.3 is 0 Å². The van der Waals surface area contributed by atoms with Gasteiger partial charge in [0.05, 0.1) is 25.4 Å². The Balaban J connectivity index is 1.78. The molecule has 8 atom stereocenters. The van der Waals surface area contributed by atoms with Crippen molar-refractivity contribution in [2.24, 2.45) is 11.8 Å². The van der Waals surface area contributed by atoms with Gasteiger partial charge in [0.1, 0.15) is 30.7 Å². The fourth-order valence-electron chi connectivity index (χ4n) is 3.56. The number of hydrogen-bond donors (Lipinski definition) is 5. The summed E-state index contributed by atoms with van der Waals surface area (Å²) in [6, 6.07) is 0. The number of aldehydes is 1. The van der Waals surface area contributed by atoms with Crippen molar-refractivity contribution in [3.05, 3.63) is 23.5 Å². The lowest BCUT2D eigenvalue weighted by atomic mass is 9.84. The van der Waals surface area contributed by atoms with Crippen molar-refractivity contribution in [1.82, 2.24) is 0 Å². The molecule has 1 aliphatic carbocycles. The molecule has 0 aromatic heterocycles. The topological polar surface area (TPSA) is 146 Å². The molecule has 25 heavy (non-hydrogen) atoms. The monoisotopic (exact) mass is 358 g/mol. The van der Waals surface area contributed by atoms with Crippen LogP contribution in [0.5, 0.6) is 0 Å². The van der Waals surface area contributed by atoms with Crippen LogP contribution in [-0.4, -0.2) is 82.0 Å². The first-order valence-electron chi connectivity index (χ1n) is 8.08. The highest BCUT2D eigenvalue weighted by Crippen LogP contribution is 2.43. The van der Waals surface area contributed by atoms with Crippen LogP contribution >= 0.6 is 0 Å². The molecule has 3 aliphatic rings. The Bertz CT molecular complexity index is 558. The van der Waals surface area contributed by atoms with E-state index in [1.807, 2.05) is 6.08 Å². The average molecular weight is 358 g/mol. The molecule has 0 spiro atoms. The highest BCUT2D eigenvalue weighted by molar-refractivity contribution is 5.74. The fraction of sp³-hybridized carbons (Fsp3) is 0.688. The SMILES string of the molecule is O=CC1=CO[C@@H](O[C@@H]2O[C@H](CO)[C@@H](O)[C@H](O)[C@H]2O)[C@@H]2C(CO)=CC[C@H]12. The first-order chi connectivity index (χ1) is 12.0. The predicted octanol–water partition coefficient (Wildman–Crippen LogP) is -2.20. The van der Waals surface area contributed by atoms with E-state index in [0.717, 1.165) is 0 Å². The van der Waals surface area contributed by atoms with Crippen molar-refractivity contribution in [3.8, 4) is 0 Å². The number of hydrogen-bond acceptors (Lipinski definition) is 9. The summed E-state index contributed by atoms with van der Waals surface area (Å²) in [5.74, 6) is -0.661. The number of rotatable bonds is 5. The normalized spacial score (nSPS) is 43.7. The molecule has 140 valence electrons. The van der Waals surface area contributed by atoms with Crippen LogP contribution in [0.4, 0.5) is 0 Å². The lowest BCUT2D eigenvalue weighted by Crippen LogP contribution is -2.60. The largest absolute Gasteiger partial charge is 0.471 e. The number of fused-ring (bicyclic) bond motifs is 1. The molecule has 0 amide bonds. The van der Waals surface area contributed by atoms with Gasteiger partial charge in [0.2, 0.25) is 6.29 Å². The Labute approximate surface area is 143 Å². The van der Waals surface area contributed by atoms with E-state index in [2.05, 4.69) is 0 Å². The minimum Gasteiger partial charge on any atom is -0.471 e. The Morgan fingerprint density at radius 2 is 1.92 bits per heavy atom. The zero-order chi connectivity index (χ0) is 18.1. The lowest BCUT2D eigenvalue weighted by molar-refractivity contribution is -0.339. The van der Waals surface area contributed by atoms with Gasteiger partial charge in [-0.25, -0.2) is 0 Å². The Morgan fingerprint density at radius 3 is 2.56 bits per heavy atom. The standard InChI is InChI=1S/C16H22O9/c17-3-7-1-2-9-8(4-18)6-23-15(11(7)9)25-16-14(22)13(21)12(20)10(5-19)24-16/h1,4,6,9-17,19-22H,2-3,5H2/t9-,10-,11-,12-,13+,14-,15+,16+/m1/s1. The van der Waals surface area contributed by atoms with E-state index in [1.54, 1.807) is 0 Å². The van der Waals surface area contributed by atoms with E-state index in [0.29, 0.717) is 23.9 Å². The van der Waals surface area contributed by atoms with Crippen molar-refractivity contribution >= 4 is 6.29 Å². The molecule has 2 heterocycles. The number of carbonyl (C=O) groups is 1. The molecular weight excluding hydrogens is 336 g/mol. The second kappa shape index (κ2) is 7.50. The van der Waals surface area contributed by atoms with Gasteiger partial charge in [-0.15, -0.1) is 0 Å². The molecule has 9 nitrogen and oxygen atoms in total. The summed E-state index contributed by atoms with van der Waals surface area (Å²) in [6.45, 7) is -0.801. The molecule has 2 aliphatic heterocycles. The van der Waals surface area contributed by atoms with Crippen LogP contribution in [0.3, 0.4) is 0 Å². The van der Waals surface area contributed by atoms with E-state index in [1.165, 1.54) is 6.26 Å². The van der Waals surface area contributed by atoms with Crippen LogP contribution in [0.25, 0.3) is 0 Å². The summed E-state index contributed by atoms with van der Waals surface area (Å²) in [4.78, 5) is 11.2. The molecule has 3 rings (SSSR count). The number of aliphatic hydroxyl groups excluding tert-OH is 5.